The summed E-state index contributed by atoms with van der Waals surface area (Å²) in [4.78, 5) is 12.3. The van der Waals surface area contributed by atoms with Crippen molar-refractivity contribution in [3.05, 3.63) is 59.7 Å². The summed E-state index contributed by atoms with van der Waals surface area (Å²) in [5, 5.41) is 12.4. The van der Waals surface area contributed by atoms with Crippen molar-refractivity contribution in [2.75, 3.05) is 0 Å². The van der Waals surface area contributed by atoms with Crippen LogP contribution in [-0.4, -0.2) is 16.7 Å². The van der Waals surface area contributed by atoms with E-state index in [4.69, 9.17) is 4.74 Å². The van der Waals surface area contributed by atoms with Crippen LogP contribution in [0.15, 0.2) is 54.1 Å². The van der Waals surface area contributed by atoms with Crippen molar-refractivity contribution in [3.63, 3.8) is 0 Å². The van der Waals surface area contributed by atoms with Gasteiger partial charge in [0.2, 0.25) is 0 Å². The van der Waals surface area contributed by atoms with E-state index in [1.165, 1.54) is 5.57 Å². The second-order valence-electron chi connectivity index (χ2n) is 7.13. The van der Waals surface area contributed by atoms with E-state index >= 15 is 0 Å². The molecule has 0 spiro atoms. The highest BCUT2D eigenvalue weighted by molar-refractivity contribution is 5.83. The summed E-state index contributed by atoms with van der Waals surface area (Å²) in [6, 6.07) is 14.3. The first kappa shape index (κ1) is 19.2. The molecule has 0 bridgehead atoms. The largest absolute Gasteiger partial charge is 0.457 e. The summed E-state index contributed by atoms with van der Waals surface area (Å²) in [6.07, 6.45) is 2.87. The molecule has 0 aliphatic heterocycles. The minimum Gasteiger partial charge on any atom is -0.457 e. The number of carbonyl (C=O) groups excluding carboxylic acids is 1. The monoisotopic (exact) mass is 340 g/mol. The molecule has 3 nitrogen and oxygen atoms in total. The van der Waals surface area contributed by atoms with Gasteiger partial charge in [0.25, 0.3) is 0 Å². The number of carbonyl (C=O) groups is 1. The average Bonchev–Trinajstić information content (AvgIpc) is 2.57. The van der Waals surface area contributed by atoms with Gasteiger partial charge in [0, 0.05) is 6.42 Å². The zero-order valence-corrected chi connectivity index (χ0v) is 15.6. The van der Waals surface area contributed by atoms with Crippen molar-refractivity contribution in [3.8, 4) is 0 Å². The van der Waals surface area contributed by atoms with E-state index in [1.807, 2.05) is 39.0 Å². The van der Waals surface area contributed by atoms with E-state index in [1.54, 1.807) is 6.92 Å². The maximum absolute atomic E-state index is 12.3. The molecule has 0 saturated carbocycles. The Labute approximate surface area is 150 Å². The first-order chi connectivity index (χ1) is 11.8. The zero-order valence-electron chi connectivity index (χ0n) is 15.6. The lowest BCUT2D eigenvalue weighted by molar-refractivity contribution is -0.154. The highest BCUT2D eigenvalue weighted by Gasteiger charge is 2.25. The van der Waals surface area contributed by atoms with Crippen LogP contribution >= 0.6 is 0 Å². The Hall–Kier alpha value is -2.13. The molecule has 0 aliphatic rings. The van der Waals surface area contributed by atoms with E-state index in [-0.39, 0.29) is 18.5 Å². The molecule has 134 valence electrons. The smallest absolute Gasteiger partial charge is 0.309 e. The maximum Gasteiger partial charge on any atom is 0.309 e. The lowest BCUT2D eigenvalue weighted by atomic mass is 9.98. The third kappa shape index (κ3) is 5.71. The van der Waals surface area contributed by atoms with Crippen LogP contribution in [0.2, 0.25) is 0 Å². The summed E-state index contributed by atoms with van der Waals surface area (Å²) < 4.78 is 5.73. The normalized spacial score (nSPS) is 14.6. The van der Waals surface area contributed by atoms with Gasteiger partial charge in [-0.05, 0) is 49.6 Å². The number of rotatable bonds is 7. The Morgan fingerprint density at radius 3 is 2.52 bits per heavy atom. The van der Waals surface area contributed by atoms with Crippen molar-refractivity contribution in [1.82, 2.24) is 0 Å². The van der Waals surface area contributed by atoms with Gasteiger partial charge in [-0.15, -0.1) is 0 Å². The fourth-order valence-corrected chi connectivity index (χ4v) is 2.64. The van der Waals surface area contributed by atoms with Gasteiger partial charge in [0.1, 0.15) is 6.10 Å². The van der Waals surface area contributed by atoms with Crippen LogP contribution in [0.4, 0.5) is 0 Å². The summed E-state index contributed by atoms with van der Waals surface area (Å²) in [6.45, 7) is 7.58. The van der Waals surface area contributed by atoms with Crippen LogP contribution in [0, 0.1) is 0 Å². The number of allylic oxidation sites excluding steroid dienone is 1. The van der Waals surface area contributed by atoms with Crippen molar-refractivity contribution in [1.29, 1.82) is 0 Å². The van der Waals surface area contributed by atoms with Crippen LogP contribution in [-0.2, 0) is 9.53 Å². The van der Waals surface area contributed by atoms with E-state index in [2.05, 4.69) is 30.3 Å². The maximum atomic E-state index is 12.3. The fourth-order valence-electron chi connectivity index (χ4n) is 2.64. The van der Waals surface area contributed by atoms with Crippen molar-refractivity contribution >= 4 is 16.7 Å². The summed E-state index contributed by atoms with van der Waals surface area (Å²) >= 11 is 0. The van der Waals surface area contributed by atoms with Gasteiger partial charge >= 0.3 is 5.97 Å². The first-order valence-electron chi connectivity index (χ1n) is 8.84. The van der Waals surface area contributed by atoms with Crippen LogP contribution in [0.1, 0.15) is 58.6 Å². The van der Waals surface area contributed by atoms with Crippen LogP contribution < -0.4 is 0 Å². The molecule has 3 heteroatoms. The summed E-state index contributed by atoms with van der Waals surface area (Å²) in [5.74, 6) is -0.368. The van der Waals surface area contributed by atoms with Crippen LogP contribution in [0.25, 0.3) is 10.8 Å². The number of benzene rings is 2. The van der Waals surface area contributed by atoms with Gasteiger partial charge in [-0.2, -0.15) is 0 Å². The Kier molecular flexibility index (Phi) is 6.38. The number of esters is 1. The lowest BCUT2D eigenvalue weighted by Crippen LogP contribution is -2.28. The number of aliphatic hydroxyl groups is 1. The topological polar surface area (TPSA) is 46.5 Å². The Morgan fingerprint density at radius 1 is 1.20 bits per heavy atom. The zero-order chi connectivity index (χ0) is 18.4. The molecule has 0 aromatic heterocycles. The highest BCUT2D eigenvalue weighted by Crippen LogP contribution is 2.28. The number of ether oxygens (including phenoxy) is 1. The molecule has 0 saturated heterocycles. The lowest BCUT2D eigenvalue weighted by Gasteiger charge is -2.23. The van der Waals surface area contributed by atoms with Crippen molar-refractivity contribution < 1.29 is 14.6 Å². The molecule has 0 aliphatic carbocycles. The molecular weight excluding hydrogens is 312 g/mol. The first-order valence-corrected chi connectivity index (χ1v) is 8.84. The summed E-state index contributed by atoms with van der Waals surface area (Å²) in [7, 11) is 0. The molecule has 2 aromatic rings. The van der Waals surface area contributed by atoms with Gasteiger partial charge < -0.3 is 9.84 Å². The number of hydrogen-bond donors (Lipinski definition) is 1. The van der Waals surface area contributed by atoms with Gasteiger partial charge in [0.15, 0.2) is 0 Å². The molecular formula is C22H28O3. The van der Waals surface area contributed by atoms with Crippen LogP contribution in [0.5, 0.6) is 0 Å². The predicted octanol–water partition coefficient (Wildman–Crippen LogP) is 5.33. The quantitative estimate of drug-likeness (QED) is 0.547. The van der Waals surface area contributed by atoms with Crippen molar-refractivity contribution in [2.45, 2.75) is 58.7 Å². The molecule has 1 N–H and O–H groups in total. The molecule has 0 amide bonds. The standard InChI is InChI=1S/C22H28O3/c1-5-22(4,24)15-21(23)25-20(13-10-16(2)3)19-12-11-17-8-6-7-9-18(17)14-19/h6-12,14,20,24H,5,13,15H2,1-4H3. The highest BCUT2D eigenvalue weighted by atomic mass is 16.5. The third-order valence-corrected chi connectivity index (χ3v) is 4.45. The van der Waals surface area contributed by atoms with E-state index in [9.17, 15) is 9.90 Å². The molecule has 2 unspecified atom stereocenters. The molecule has 2 aromatic carbocycles. The number of hydrogen-bond acceptors (Lipinski definition) is 3. The fraction of sp³-hybridized carbons (Fsp3) is 0.409. The predicted molar refractivity (Wildman–Crippen MR) is 102 cm³/mol. The molecule has 2 atom stereocenters. The van der Waals surface area contributed by atoms with Gasteiger partial charge in [0.05, 0.1) is 12.0 Å². The van der Waals surface area contributed by atoms with Gasteiger partial charge in [-0.1, -0.05) is 55.0 Å². The Morgan fingerprint density at radius 2 is 1.88 bits per heavy atom. The number of fused-ring (bicyclic) bond motifs is 1. The molecule has 0 radical (unpaired) electrons. The third-order valence-electron chi connectivity index (χ3n) is 4.45. The summed E-state index contributed by atoms with van der Waals surface area (Å²) in [5.41, 5.74) is 1.13. The van der Waals surface area contributed by atoms with Gasteiger partial charge in [-0.25, -0.2) is 0 Å². The van der Waals surface area contributed by atoms with E-state index < -0.39 is 5.60 Å². The van der Waals surface area contributed by atoms with Crippen LogP contribution in [0.3, 0.4) is 0 Å². The minimum atomic E-state index is -1.03. The second-order valence-corrected chi connectivity index (χ2v) is 7.13. The Bertz CT molecular complexity index is 755. The van der Waals surface area contributed by atoms with Crippen molar-refractivity contribution in [2.24, 2.45) is 0 Å². The van der Waals surface area contributed by atoms with E-state index in [0.29, 0.717) is 12.8 Å². The van der Waals surface area contributed by atoms with Gasteiger partial charge in [-0.3, -0.25) is 4.79 Å². The molecule has 25 heavy (non-hydrogen) atoms. The molecule has 0 fully saturated rings. The second kappa shape index (κ2) is 8.30. The SMILES string of the molecule is CCC(C)(O)CC(=O)OC(CC=C(C)C)c1ccc2ccccc2c1. The average molecular weight is 340 g/mol. The Balaban J connectivity index is 2.24. The molecule has 2 rings (SSSR count). The minimum absolute atomic E-state index is 0.00238. The molecule has 0 heterocycles. The van der Waals surface area contributed by atoms with E-state index in [0.717, 1.165) is 16.3 Å².